The largest absolute Gasteiger partial charge is 0.497 e. The van der Waals surface area contributed by atoms with E-state index < -0.39 is 6.10 Å². The molecule has 0 aliphatic carbocycles. The summed E-state index contributed by atoms with van der Waals surface area (Å²) in [5.74, 6) is 0.796. The summed E-state index contributed by atoms with van der Waals surface area (Å²) in [5, 5.41) is 14.7. The van der Waals surface area contributed by atoms with Crippen LogP contribution in [0.4, 0.5) is 0 Å². The summed E-state index contributed by atoms with van der Waals surface area (Å²) in [4.78, 5) is 0. The van der Waals surface area contributed by atoms with Gasteiger partial charge in [-0.05, 0) is 37.1 Å². The number of nitrogens with zero attached hydrogens (tertiary/aromatic N) is 2. The molecule has 0 fully saturated rings. The van der Waals surface area contributed by atoms with Crippen molar-refractivity contribution in [3.63, 3.8) is 0 Å². The molecule has 1 heterocycles. The van der Waals surface area contributed by atoms with Gasteiger partial charge in [-0.3, -0.25) is 4.68 Å². The first kappa shape index (κ1) is 13.6. The van der Waals surface area contributed by atoms with E-state index in [9.17, 15) is 5.11 Å². The Morgan fingerprint density at radius 1 is 1.26 bits per heavy atom. The van der Waals surface area contributed by atoms with Crippen LogP contribution < -0.4 is 4.74 Å². The minimum absolute atomic E-state index is 0.521. The van der Waals surface area contributed by atoms with Crippen LogP contribution in [-0.4, -0.2) is 22.0 Å². The van der Waals surface area contributed by atoms with E-state index >= 15 is 0 Å². The zero-order valence-electron chi connectivity index (χ0n) is 11.8. The number of aromatic nitrogens is 2. The number of aliphatic hydroxyl groups excluding tert-OH is 1. The van der Waals surface area contributed by atoms with Gasteiger partial charge in [0.15, 0.2) is 0 Å². The molecule has 0 aliphatic heterocycles. The highest BCUT2D eigenvalue weighted by Crippen LogP contribution is 2.23. The van der Waals surface area contributed by atoms with Gasteiger partial charge in [-0.2, -0.15) is 5.10 Å². The van der Waals surface area contributed by atoms with Gasteiger partial charge in [0.1, 0.15) is 5.75 Å². The Morgan fingerprint density at radius 2 is 1.89 bits per heavy atom. The molecular formula is C15H20N2O2. The van der Waals surface area contributed by atoms with Gasteiger partial charge in [-0.1, -0.05) is 12.1 Å². The fourth-order valence-electron chi connectivity index (χ4n) is 2.25. The molecule has 0 radical (unpaired) electrons. The molecule has 102 valence electrons. The van der Waals surface area contributed by atoms with E-state index in [0.29, 0.717) is 6.42 Å². The van der Waals surface area contributed by atoms with Crippen molar-refractivity contribution < 1.29 is 9.84 Å². The van der Waals surface area contributed by atoms with Crippen molar-refractivity contribution in [1.29, 1.82) is 0 Å². The molecule has 1 unspecified atom stereocenters. The van der Waals surface area contributed by atoms with Gasteiger partial charge < -0.3 is 9.84 Å². The second kappa shape index (κ2) is 5.45. The van der Waals surface area contributed by atoms with E-state index in [-0.39, 0.29) is 0 Å². The predicted octanol–water partition coefficient (Wildman–Crippen LogP) is 2.32. The average molecular weight is 260 g/mol. The lowest BCUT2D eigenvalue weighted by Crippen LogP contribution is -2.04. The van der Waals surface area contributed by atoms with Crippen molar-refractivity contribution in [1.82, 2.24) is 9.78 Å². The number of ether oxygens (including phenoxy) is 1. The smallest absolute Gasteiger partial charge is 0.118 e. The van der Waals surface area contributed by atoms with E-state index in [1.54, 1.807) is 7.11 Å². The minimum atomic E-state index is -0.521. The summed E-state index contributed by atoms with van der Waals surface area (Å²) in [5.41, 5.74) is 4.09. The van der Waals surface area contributed by atoms with Crippen molar-refractivity contribution in [2.24, 2.45) is 7.05 Å². The lowest BCUT2D eigenvalue weighted by atomic mass is 10.00. The van der Waals surface area contributed by atoms with E-state index in [2.05, 4.69) is 5.10 Å². The van der Waals surface area contributed by atoms with Crippen LogP contribution in [-0.2, 0) is 13.5 Å². The van der Waals surface area contributed by atoms with Crippen molar-refractivity contribution >= 4 is 0 Å². The molecule has 0 saturated heterocycles. The third-order valence-corrected chi connectivity index (χ3v) is 3.56. The summed E-state index contributed by atoms with van der Waals surface area (Å²) in [6.07, 6.45) is 0.0604. The Kier molecular flexibility index (Phi) is 3.90. The highest BCUT2D eigenvalue weighted by Gasteiger charge is 2.15. The fraction of sp³-hybridized carbons (Fsp3) is 0.400. The Morgan fingerprint density at radius 3 is 2.37 bits per heavy atom. The second-order valence-electron chi connectivity index (χ2n) is 4.77. The molecule has 4 nitrogen and oxygen atoms in total. The fourth-order valence-corrected chi connectivity index (χ4v) is 2.25. The quantitative estimate of drug-likeness (QED) is 0.917. The van der Waals surface area contributed by atoms with Gasteiger partial charge in [0, 0.05) is 19.2 Å². The molecule has 4 heteroatoms. The first-order valence-corrected chi connectivity index (χ1v) is 6.34. The van der Waals surface area contributed by atoms with Crippen LogP contribution in [0.3, 0.4) is 0 Å². The Hall–Kier alpha value is -1.81. The molecule has 19 heavy (non-hydrogen) atoms. The van der Waals surface area contributed by atoms with Gasteiger partial charge in [0.25, 0.3) is 0 Å². The maximum absolute atomic E-state index is 10.3. The third kappa shape index (κ3) is 2.79. The number of rotatable bonds is 4. The number of benzene rings is 1. The van der Waals surface area contributed by atoms with Gasteiger partial charge in [-0.15, -0.1) is 0 Å². The molecule has 0 aliphatic rings. The van der Waals surface area contributed by atoms with E-state index in [4.69, 9.17) is 4.74 Å². The number of hydrogen-bond acceptors (Lipinski definition) is 3. The monoisotopic (exact) mass is 260 g/mol. The van der Waals surface area contributed by atoms with Crippen molar-refractivity contribution in [2.45, 2.75) is 26.4 Å². The van der Waals surface area contributed by atoms with Crippen molar-refractivity contribution in [3.05, 3.63) is 46.8 Å². The molecule has 2 aromatic rings. The topological polar surface area (TPSA) is 47.3 Å². The molecular weight excluding hydrogens is 240 g/mol. The summed E-state index contributed by atoms with van der Waals surface area (Å²) in [6, 6.07) is 7.51. The number of methoxy groups -OCH3 is 1. The molecule has 1 atom stereocenters. The normalized spacial score (nSPS) is 12.5. The van der Waals surface area contributed by atoms with Crippen LogP contribution in [0.15, 0.2) is 24.3 Å². The Labute approximate surface area is 113 Å². The standard InChI is InChI=1S/C15H20N2O2/c1-10-14(11(2)17(3)16-10)9-15(18)12-5-7-13(19-4)8-6-12/h5-8,15,18H,9H2,1-4H3. The van der Waals surface area contributed by atoms with Crippen molar-refractivity contribution in [2.75, 3.05) is 7.11 Å². The number of aryl methyl sites for hydroxylation is 2. The van der Waals surface area contributed by atoms with Crippen molar-refractivity contribution in [3.8, 4) is 5.75 Å². The first-order valence-electron chi connectivity index (χ1n) is 6.34. The molecule has 1 aromatic heterocycles. The van der Waals surface area contributed by atoms with Crippen LogP contribution in [0.1, 0.15) is 28.6 Å². The molecule has 0 saturated carbocycles. The van der Waals surface area contributed by atoms with Gasteiger partial charge in [0.2, 0.25) is 0 Å². The minimum Gasteiger partial charge on any atom is -0.497 e. The van der Waals surface area contributed by atoms with E-state index in [0.717, 1.165) is 28.3 Å². The zero-order chi connectivity index (χ0) is 14.0. The van der Waals surface area contributed by atoms with Crippen LogP contribution in [0.5, 0.6) is 5.75 Å². The SMILES string of the molecule is COc1ccc(C(O)Cc2c(C)nn(C)c2C)cc1. The summed E-state index contributed by atoms with van der Waals surface area (Å²) in [7, 11) is 3.55. The predicted molar refractivity (Wildman–Crippen MR) is 74.3 cm³/mol. The maximum Gasteiger partial charge on any atom is 0.118 e. The van der Waals surface area contributed by atoms with Crippen LogP contribution >= 0.6 is 0 Å². The van der Waals surface area contributed by atoms with E-state index in [1.165, 1.54) is 0 Å². The molecule has 1 N–H and O–H groups in total. The lowest BCUT2D eigenvalue weighted by Gasteiger charge is -2.12. The molecule has 1 aromatic carbocycles. The summed E-state index contributed by atoms with van der Waals surface area (Å²) < 4.78 is 6.97. The van der Waals surface area contributed by atoms with Gasteiger partial charge in [0.05, 0.1) is 18.9 Å². The molecule has 2 rings (SSSR count). The number of aliphatic hydroxyl groups is 1. The summed E-state index contributed by atoms with van der Waals surface area (Å²) >= 11 is 0. The average Bonchev–Trinajstić information content (AvgIpc) is 2.65. The maximum atomic E-state index is 10.3. The Balaban J connectivity index is 2.17. The van der Waals surface area contributed by atoms with Crippen LogP contribution in [0.25, 0.3) is 0 Å². The first-order chi connectivity index (χ1) is 9.02. The zero-order valence-corrected chi connectivity index (χ0v) is 11.8. The van der Waals surface area contributed by atoms with E-state index in [1.807, 2.05) is 49.8 Å². The Bertz CT molecular complexity index is 558. The highest BCUT2D eigenvalue weighted by atomic mass is 16.5. The van der Waals surface area contributed by atoms with Gasteiger partial charge in [-0.25, -0.2) is 0 Å². The van der Waals surface area contributed by atoms with Crippen LogP contribution in [0.2, 0.25) is 0 Å². The second-order valence-corrected chi connectivity index (χ2v) is 4.77. The lowest BCUT2D eigenvalue weighted by molar-refractivity contribution is 0.178. The number of hydrogen-bond donors (Lipinski definition) is 1. The van der Waals surface area contributed by atoms with Gasteiger partial charge >= 0.3 is 0 Å². The summed E-state index contributed by atoms with van der Waals surface area (Å²) in [6.45, 7) is 4.00. The highest BCUT2D eigenvalue weighted by molar-refractivity contribution is 5.31. The molecule has 0 amide bonds. The molecule has 0 bridgehead atoms. The van der Waals surface area contributed by atoms with Crippen LogP contribution in [0, 0.1) is 13.8 Å². The third-order valence-electron chi connectivity index (χ3n) is 3.56. The molecule has 0 spiro atoms.